The maximum atomic E-state index is 14.0. The molecule has 2 rings (SSSR count). The third-order valence-corrected chi connectivity index (χ3v) is 2.60. The minimum absolute atomic E-state index is 0.216. The number of aromatic nitrogens is 2. The number of nitrogens with two attached hydrogens (primary N) is 1. The summed E-state index contributed by atoms with van der Waals surface area (Å²) in [4.78, 5) is 24.3. The molecule has 0 spiro atoms. The Balaban J connectivity index is 2.39. The smallest absolute Gasteiger partial charge is 0.328 e. The summed E-state index contributed by atoms with van der Waals surface area (Å²) < 4.78 is 28.6. The van der Waals surface area contributed by atoms with E-state index in [1.807, 2.05) is 4.98 Å². The molecule has 0 amide bonds. The number of aromatic amines is 1. The highest BCUT2D eigenvalue weighted by Crippen LogP contribution is 2.28. The lowest BCUT2D eigenvalue weighted by Crippen LogP contribution is -2.35. The number of nitrogens with one attached hydrogen (secondary N) is 1. The lowest BCUT2D eigenvalue weighted by atomic mass is 10.1. The van der Waals surface area contributed by atoms with Gasteiger partial charge in [-0.3, -0.25) is 14.3 Å². The maximum Gasteiger partial charge on any atom is 0.328 e. The Kier molecular flexibility index (Phi) is 3.20. The molecule has 5 nitrogen and oxygen atoms in total. The van der Waals surface area contributed by atoms with Gasteiger partial charge in [-0.1, -0.05) is 30.3 Å². The van der Waals surface area contributed by atoms with E-state index in [-0.39, 0.29) is 11.3 Å². The maximum absolute atomic E-state index is 14.0. The van der Waals surface area contributed by atoms with Crippen LogP contribution in [-0.4, -0.2) is 9.55 Å². The second-order valence-electron chi connectivity index (χ2n) is 4.04. The minimum atomic E-state index is -3.24. The molecule has 0 bridgehead atoms. The van der Waals surface area contributed by atoms with Gasteiger partial charge in [-0.05, 0) is 0 Å². The summed E-state index contributed by atoms with van der Waals surface area (Å²) in [5, 5.41) is 0. The Hall–Kier alpha value is -2.44. The monoisotopic (exact) mass is 267 g/mol. The van der Waals surface area contributed by atoms with Crippen LogP contribution in [0.15, 0.2) is 46.1 Å². The van der Waals surface area contributed by atoms with E-state index >= 15 is 0 Å². The molecule has 1 aromatic carbocycles. The lowest BCUT2D eigenvalue weighted by molar-refractivity contribution is -0.0234. The Bertz CT molecular complexity index is 692. The summed E-state index contributed by atoms with van der Waals surface area (Å²) in [7, 11) is 0. The van der Waals surface area contributed by atoms with Crippen LogP contribution in [0, 0.1) is 0 Å². The van der Waals surface area contributed by atoms with Crippen molar-refractivity contribution in [2.45, 2.75) is 12.5 Å². The number of benzene rings is 1. The molecule has 100 valence electrons. The van der Waals surface area contributed by atoms with Gasteiger partial charge in [0.25, 0.3) is 11.5 Å². The first kappa shape index (κ1) is 13.0. The molecular weight excluding hydrogens is 256 g/mol. The number of H-pyrrole nitrogens is 1. The fraction of sp³-hybridized carbons (Fsp3) is 0.167. The fourth-order valence-electron chi connectivity index (χ4n) is 1.63. The number of hydrogen-bond acceptors (Lipinski definition) is 3. The lowest BCUT2D eigenvalue weighted by Gasteiger charge is -2.17. The molecule has 0 saturated heterocycles. The Morgan fingerprint density at radius 2 is 1.84 bits per heavy atom. The van der Waals surface area contributed by atoms with Gasteiger partial charge < -0.3 is 5.73 Å². The van der Waals surface area contributed by atoms with Gasteiger partial charge in [0, 0.05) is 11.8 Å². The molecule has 0 fully saturated rings. The number of halogens is 2. The highest BCUT2D eigenvalue weighted by Gasteiger charge is 2.32. The van der Waals surface area contributed by atoms with Crippen LogP contribution >= 0.6 is 0 Å². The summed E-state index contributed by atoms with van der Waals surface area (Å²) in [5.74, 6) is -3.24. The van der Waals surface area contributed by atoms with Crippen LogP contribution < -0.4 is 17.0 Å². The van der Waals surface area contributed by atoms with E-state index in [0.717, 1.165) is 6.20 Å². The van der Waals surface area contributed by atoms with Gasteiger partial charge in [0.2, 0.25) is 0 Å². The summed E-state index contributed by atoms with van der Waals surface area (Å²) >= 11 is 0. The molecule has 19 heavy (non-hydrogen) atoms. The predicted octanol–water partition coefficient (Wildman–Crippen LogP) is 0.911. The molecule has 7 heteroatoms. The van der Waals surface area contributed by atoms with E-state index in [1.54, 1.807) is 6.07 Å². The molecule has 1 heterocycles. The molecule has 0 atom stereocenters. The van der Waals surface area contributed by atoms with Crippen molar-refractivity contribution < 1.29 is 8.78 Å². The third-order valence-electron chi connectivity index (χ3n) is 2.60. The van der Waals surface area contributed by atoms with Gasteiger partial charge in [0.05, 0.1) is 6.54 Å². The van der Waals surface area contributed by atoms with Crippen LogP contribution in [0.5, 0.6) is 0 Å². The summed E-state index contributed by atoms with van der Waals surface area (Å²) in [6.45, 7) is -0.892. The first-order valence-electron chi connectivity index (χ1n) is 5.43. The van der Waals surface area contributed by atoms with Gasteiger partial charge in [-0.15, -0.1) is 0 Å². The van der Waals surface area contributed by atoms with E-state index in [9.17, 15) is 18.4 Å². The second-order valence-corrected chi connectivity index (χ2v) is 4.04. The number of nitrogen functional groups attached to an aromatic ring is 1. The molecule has 0 radical (unpaired) electrons. The molecular formula is C12H11F2N3O2. The summed E-state index contributed by atoms with van der Waals surface area (Å²) in [5.41, 5.74) is 3.09. The van der Waals surface area contributed by atoms with Crippen molar-refractivity contribution in [1.82, 2.24) is 9.55 Å². The Labute approximate surface area is 106 Å². The van der Waals surface area contributed by atoms with Crippen molar-refractivity contribution in [2.24, 2.45) is 0 Å². The zero-order valence-electron chi connectivity index (χ0n) is 9.77. The van der Waals surface area contributed by atoms with Crippen molar-refractivity contribution in [3.05, 3.63) is 62.9 Å². The number of nitrogens with zero attached hydrogens (tertiary/aromatic N) is 1. The van der Waals surface area contributed by atoms with Crippen molar-refractivity contribution >= 4 is 5.69 Å². The molecule has 0 aliphatic rings. The van der Waals surface area contributed by atoms with Crippen LogP contribution in [0.25, 0.3) is 0 Å². The van der Waals surface area contributed by atoms with Crippen molar-refractivity contribution in [2.75, 3.05) is 5.73 Å². The third kappa shape index (κ3) is 2.70. The minimum Gasteiger partial charge on any atom is -0.393 e. The number of anilines is 1. The highest BCUT2D eigenvalue weighted by atomic mass is 19.3. The largest absolute Gasteiger partial charge is 0.393 e. The van der Waals surface area contributed by atoms with Crippen molar-refractivity contribution in [1.29, 1.82) is 0 Å². The molecule has 0 aliphatic carbocycles. The zero-order valence-corrected chi connectivity index (χ0v) is 9.77. The van der Waals surface area contributed by atoms with Crippen LogP contribution in [0.2, 0.25) is 0 Å². The van der Waals surface area contributed by atoms with E-state index < -0.39 is 23.7 Å². The molecule has 0 aliphatic heterocycles. The Morgan fingerprint density at radius 3 is 2.47 bits per heavy atom. The Morgan fingerprint density at radius 1 is 1.21 bits per heavy atom. The van der Waals surface area contributed by atoms with Gasteiger partial charge >= 0.3 is 5.69 Å². The normalized spacial score (nSPS) is 11.5. The highest BCUT2D eigenvalue weighted by molar-refractivity contribution is 5.30. The second kappa shape index (κ2) is 4.68. The summed E-state index contributed by atoms with van der Waals surface area (Å²) in [6, 6.07) is 7.10. The van der Waals surface area contributed by atoms with Gasteiger partial charge in [0.1, 0.15) is 5.69 Å². The molecule has 2 aromatic rings. The number of hydrogen-bond donors (Lipinski definition) is 2. The number of alkyl halides is 2. The van der Waals surface area contributed by atoms with Crippen molar-refractivity contribution in [3.8, 4) is 0 Å². The average molecular weight is 267 g/mol. The van der Waals surface area contributed by atoms with Gasteiger partial charge in [-0.25, -0.2) is 4.79 Å². The van der Waals surface area contributed by atoms with Crippen LogP contribution in [0.4, 0.5) is 14.5 Å². The molecule has 3 N–H and O–H groups in total. The molecule has 1 aromatic heterocycles. The van der Waals surface area contributed by atoms with Crippen LogP contribution in [0.3, 0.4) is 0 Å². The standard InChI is InChI=1S/C12H11F2N3O2/c13-12(14,8-4-2-1-3-5-8)7-17-6-9(15)10(18)16-11(17)19/h1-6H,7,15H2,(H,16,18,19). The fourth-order valence-corrected chi connectivity index (χ4v) is 1.63. The first-order chi connectivity index (χ1) is 8.90. The quantitative estimate of drug-likeness (QED) is 0.867. The van der Waals surface area contributed by atoms with E-state index in [0.29, 0.717) is 4.57 Å². The van der Waals surface area contributed by atoms with E-state index in [4.69, 9.17) is 5.73 Å². The van der Waals surface area contributed by atoms with E-state index in [1.165, 1.54) is 24.3 Å². The van der Waals surface area contributed by atoms with Gasteiger partial charge in [0.15, 0.2) is 0 Å². The predicted molar refractivity (Wildman–Crippen MR) is 66.1 cm³/mol. The van der Waals surface area contributed by atoms with Crippen LogP contribution in [0.1, 0.15) is 5.56 Å². The molecule has 0 unspecified atom stereocenters. The van der Waals surface area contributed by atoms with Crippen molar-refractivity contribution in [3.63, 3.8) is 0 Å². The number of rotatable bonds is 3. The average Bonchev–Trinajstić information content (AvgIpc) is 2.37. The van der Waals surface area contributed by atoms with Gasteiger partial charge in [-0.2, -0.15) is 8.78 Å². The first-order valence-corrected chi connectivity index (χ1v) is 5.43. The SMILES string of the molecule is Nc1cn(CC(F)(F)c2ccccc2)c(=O)[nH]c1=O. The van der Waals surface area contributed by atoms with E-state index in [2.05, 4.69) is 0 Å². The zero-order chi connectivity index (χ0) is 14.0. The topological polar surface area (TPSA) is 80.9 Å². The molecule has 0 saturated carbocycles. The van der Waals surface area contributed by atoms with Crippen LogP contribution in [-0.2, 0) is 12.5 Å². The summed E-state index contributed by atoms with van der Waals surface area (Å²) in [6.07, 6.45) is 0.915.